The molecule has 2 aromatic carbocycles. The number of ketones is 1. The molecule has 3 heterocycles. The molecule has 0 atom stereocenters. The van der Waals surface area contributed by atoms with Gasteiger partial charge in [0.05, 0.1) is 11.4 Å². The van der Waals surface area contributed by atoms with Crippen LogP contribution < -0.4 is 4.74 Å². The van der Waals surface area contributed by atoms with Crippen LogP contribution in [0, 0.1) is 27.7 Å². The number of ether oxygens (including phenoxy) is 1. The number of halogens is 1. The van der Waals surface area contributed by atoms with Gasteiger partial charge in [-0.3, -0.25) is 4.79 Å². The van der Waals surface area contributed by atoms with Gasteiger partial charge in [-0.25, -0.2) is 4.68 Å². The third kappa shape index (κ3) is 3.46. The average Bonchev–Trinajstić information content (AvgIpc) is 3.28. The first kappa shape index (κ1) is 22.2. The Bertz CT molecular complexity index is 1600. The van der Waals surface area contributed by atoms with Crippen molar-refractivity contribution in [3.05, 3.63) is 81.6 Å². The van der Waals surface area contributed by atoms with Crippen molar-refractivity contribution in [1.29, 1.82) is 0 Å². The predicted molar refractivity (Wildman–Crippen MR) is 136 cm³/mol. The van der Waals surface area contributed by atoms with Crippen LogP contribution in [0.2, 0.25) is 5.02 Å². The number of carbonyl (C=O) groups is 1. The number of para-hydroxylation sites is 1. The second-order valence-corrected chi connectivity index (χ2v) is 9.01. The van der Waals surface area contributed by atoms with Gasteiger partial charge in [-0.1, -0.05) is 35.9 Å². The third-order valence-corrected chi connectivity index (χ3v) is 6.89. The van der Waals surface area contributed by atoms with Gasteiger partial charge < -0.3 is 9.30 Å². The lowest BCUT2D eigenvalue weighted by Crippen LogP contribution is -2.14. The third-order valence-electron chi connectivity index (χ3n) is 6.48. The van der Waals surface area contributed by atoms with E-state index in [0.717, 1.165) is 44.5 Å². The number of Topliss-reactive ketones (excluding diaryl/α,β-unsaturated/α-hetero) is 1. The highest BCUT2D eigenvalue weighted by atomic mass is 35.5. The summed E-state index contributed by atoms with van der Waals surface area (Å²) in [5.41, 5.74) is 6.93. The molecule has 0 radical (unpaired) electrons. The molecule has 7 heteroatoms. The highest BCUT2D eigenvalue weighted by Crippen LogP contribution is 2.30. The molecular formula is C27H25ClN4O2. The standard InChI is InChI=1S/C27H25ClN4O2/c1-15-13-24(34-14-23(33)26-18(4)31(5)22-11-7-6-9-19(22)26)29-27-25(15)17(3)30-32(27)21-12-8-10-20(28)16(21)2/h6-13H,14H2,1-5H3. The molecule has 0 saturated heterocycles. The lowest BCUT2D eigenvalue weighted by atomic mass is 10.1. The second-order valence-electron chi connectivity index (χ2n) is 8.61. The Labute approximate surface area is 202 Å². The molecule has 0 aliphatic carbocycles. The number of benzene rings is 2. The smallest absolute Gasteiger partial charge is 0.216 e. The Kier molecular flexibility index (Phi) is 5.41. The van der Waals surface area contributed by atoms with Crippen molar-refractivity contribution in [1.82, 2.24) is 19.3 Å². The fourth-order valence-corrected chi connectivity index (χ4v) is 4.80. The van der Waals surface area contributed by atoms with Gasteiger partial charge in [0.15, 0.2) is 12.3 Å². The van der Waals surface area contributed by atoms with Gasteiger partial charge in [-0.05, 0) is 57.0 Å². The first-order valence-electron chi connectivity index (χ1n) is 11.1. The van der Waals surface area contributed by atoms with Crippen LogP contribution in [-0.2, 0) is 7.05 Å². The van der Waals surface area contributed by atoms with Gasteiger partial charge in [-0.2, -0.15) is 10.1 Å². The normalized spacial score (nSPS) is 11.5. The summed E-state index contributed by atoms with van der Waals surface area (Å²) in [5.74, 6) is 0.307. The molecule has 3 aromatic heterocycles. The summed E-state index contributed by atoms with van der Waals surface area (Å²) in [6.07, 6.45) is 0. The van der Waals surface area contributed by atoms with Gasteiger partial charge in [0, 0.05) is 45.7 Å². The zero-order valence-electron chi connectivity index (χ0n) is 19.8. The minimum absolute atomic E-state index is 0.0794. The maximum Gasteiger partial charge on any atom is 0.216 e. The van der Waals surface area contributed by atoms with Crippen LogP contribution >= 0.6 is 11.6 Å². The fourth-order valence-electron chi connectivity index (χ4n) is 4.63. The van der Waals surface area contributed by atoms with E-state index in [0.29, 0.717) is 22.1 Å². The number of rotatable bonds is 5. The van der Waals surface area contributed by atoms with Gasteiger partial charge >= 0.3 is 0 Å². The highest BCUT2D eigenvalue weighted by molar-refractivity contribution is 6.31. The van der Waals surface area contributed by atoms with Crippen LogP contribution in [-0.4, -0.2) is 31.7 Å². The SMILES string of the molecule is Cc1c(Cl)cccc1-n1nc(C)c2c(C)cc(OCC(=O)c3c(C)n(C)c4ccccc34)nc21. The van der Waals surface area contributed by atoms with Gasteiger partial charge in [0.1, 0.15) is 0 Å². The Morgan fingerprint density at radius 3 is 2.62 bits per heavy atom. The number of hydrogen-bond acceptors (Lipinski definition) is 4. The average molecular weight is 473 g/mol. The van der Waals surface area contributed by atoms with E-state index < -0.39 is 0 Å². The quantitative estimate of drug-likeness (QED) is 0.292. The van der Waals surface area contributed by atoms with Crippen molar-refractivity contribution in [2.45, 2.75) is 27.7 Å². The monoisotopic (exact) mass is 472 g/mol. The highest BCUT2D eigenvalue weighted by Gasteiger charge is 2.20. The Balaban J connectivity index is 1.52. The first-order chi connectivity index (χ1) is 16.3. The molecule has 5 aromatic rings. The maximum absolute atomic E-state index is 13.2. The van der Waals surface area contributed by atoms with E-state index >= 15 is 0 Å². The van der Waals surface area contributed by atoms with Crippen molar-refractivity contribution >= 4 is 39.3 Å². The van der Waals surface area contributed by atoms with Crippen LogP contribution in [0.1, 0.15) is 32.9 Å². The van der Waals surface area contributed by atoms with Gasteiger partial charge in [-0.15, -0.1) is 0 Å². The van der Waals surface area contributed by atoms with Crippen LogP contribution in [0.25, 0.3) is 27.6 Å². The molecule has 34 heavy (non-hydrogen) atoms. The number of fused-ring (bicyclic) bond motifs is 2. The summed E-state index contributed by atoms with van der Waals surface area (Å²) < 4.78 is 9.77. The molecule has 0 fully saturated rings. The summed E-state index contributed by atoms with van der Waals surface area (Å²) in [4.78, 5) is 17.9. The van der Waals surface area contributed by atoms with Crippen LogP contribution in [0.15, 0.2) is 48.5 Å². The summed E-state index contributed by atoms with van der Waals surface area (Å²) in [7, 11) is 1.97. The summed E-state index contributed by atoms with van der Waals surface area (Å²) in [5, 5.41) is 7.28. The van der Waals surface area contributed by atoms with Crippen molar-refractivity contribution in [3.8, 4) is 11.6 Å². The molecule has 172 valence electrons. The molecule has 0 N–H and O–H groups in total. The van der Waals surface area contributed by atoms with Crippen molar-refractivity contribution in [2.24, 2.45) is 7.05 Å². The number of nitrogens with zero attached hydrogens (tertiary/aromatic N) is 4. The molecule has 0 aliphatic rings. The van der Waals surface area contributed by atoms with E-state index in [4.69, 9.17) is 26.4 Å². The van der Waals surface area contributed by atoms with Crippen LogP contribution in [0.4, 0.5) is 0 Å². The van der Waals surface area contributed by atoms with E-state index in [1.807, 2.05) is 87.8 Å². The molecule has 0 amide bonds. The molecule has 0 bridgehead atoms. The van der Waals surface area contributed by atoms with E-state index in [9.17, 15) is 4.79 Å². The topological polar surface area (TPSA) is 61.9 Å². The fraction of sp³-hybridized carbons (Fsp3) is 0.222. The van der Waals surface area contributed by atoms with Crippen molar-refractivity contribution < 1.29 is 9.53 Å². The van der Waals surface area contributed by atoms with Gasteiger partial charge in [0.2, 0.25) is 11.7 Å². The van der Waals surface area contributed by atoms with E-state index in [1.54, 1.807) is 4.68 Å². The Morgan fingerprint density at radius 2 is 1.82 bits per heavy atom. The van der Waals surface area contributed by atoms with Crippen LogP contribution in [0.3, 0.4) is 0 Å². The Hall–Kier alpha value is -3.64. The lowest BCUT2D eigenvalue weighted by molar-refractivity contribution is 0.0919. The first-order valence-corrected chi connectivity index (χ1v) is 11.5. The summed E-state index contributed by atoms with van der Waals surface area (Å²) >= 11 is 6.36. The number of hydrogen-bond donors (Lipinski definition) is 0. The molecule has 5 rings (SSSR count). The molecular weight excluding hydrogens is 448 g/mol. The zero-order chi connectivity index (χ0) is 24.1. The number of aryl methyl sites for hydroxylation is 3. The van der Waals surface area contributed by atoms with Crippen LogP contribution in [0.5, 0.6) is 5.88 Å². The second kappa shape index (κ2) is 8.29. The molecule has 0 unspecified atom stereocenters. The summed E-state index contributed by atoms with van der Waals surface area (Å²) in [6, 6.07) is 15.5. The van der Waals surface area contributed by atoms with Crippen molar-refractivity contribution in [3.63, 3.8) is 0 Å². The van der Waals surface area contributed by atoms with Gasteiger partial charge in [0.25, 0.3) is 0 Å². The molecule has 0 spiro atoms. The predicted octanol–water partition coefficient (Wildman–Crippen LogP) is 6.06. The van der Waals surface area contributed by atoms with E-state index in [-0.39, 0.29) is 12.4 Å². The zero-order valence-corrected chi connectivity index (χ0v) is 20.6. The van der Waals surface area contributed by atoms with E-state index in [2.05, 4.69) is 0 Å². The maximum atomic E-state index is 13.2. The molecule has 0 aliphatic heterocycles. The number of carbonyl (C=O) groups excluding carboxylic acids is 1. The minimum Gasteiger partial charge on any atom is -0.469 e. The minimum atomic E-state index is -0.101. The van der Waals surface area contributed by atoms with Crippen molar-refractivity contribution in [2.75, 3.05) is 6.61 Å². The molecule has 6 nitrogen and oxygen atoms in total. The summed E-state index contributed by atoms with van der Waals surface area (Å²) in [6.45, 7) is 7.77. The Morgan fingerprint density at radius 1 is 1.06 bits per heavy atom. The molecule has 0 saturated carbocycles. The van der Waals surface area contributed by atoms with E-state index in [1.165, 1.54) is 0 Å². The number of pyridine rings is 1. The largest absolute Gasteiger partial charge is 0.469 e. The lowest BCUT2D eigenvalue weighted by Gasteiger charge is -2.10. The number of aromatic nitrogens is 4.